The lowest BCUT2D eigenvalue weighted by Crippen LogP contribution is -1.90. The average Bonchev–Trinajstić information content (AvgIpc) is 2.83. The molecule has 30 heavy (non-hydrogen) atoms. The molecule has 0 aromatic heterocycles. The summed E-state index contributed by atoms with van der Waals surface area (Å²) in [5.41, 5.74) is 5.93. The second-order valence-electron chi connectivity index (χ2n) is 6.71. The molecule has 0 saturated heterocycles. The monoisotopic (exact) mass is 382 g/mol. The summed E-state index contributed by atoms with van der Waals surface area (Å²) in [6, 6.07) is 40.6. The van der Waals surface area contributed by atoms with Crippen LogP contribution in [0, 0.1) is 23.7 Å². The number of hydrogen-bond acceptors (Lipinski definition) is 0. The topological polar surface area (TPSA) is 0 Å². The van der Waals surface area contributed by atoms with Crippen molar-refractivity contribution in [1.82, 2.24) is 0 Å². The van der Waals surface area contributed by atoms with Crippen molar-refractivity contribution in [2.45, 2.75) is 0 Å². The van der Waals surface area contributed by atoms with Crippen LogP contribution in [0.3, 0.4) is 0 Å². The molecule has 0 aliphatic rings. The van der Waals surface area contributed by atoms with Crippen molar-refractivity contribution in [2.24, 2.45) is 0 Å². The summed E-state index contributed by atoms with van der Waals surface area (Å²) in [6.07, 6.45) is 0. The van der Waals surface area contributed by atoms with Crippen LogP contribution in [0.15, 0.2) is 121 Å². The highest BCUT2D eigenvalue weighted by Gasteiger charge is 2.08. The van der Waals surface area contributed by atoms with Crippen LogP contribution in [0.1, 0.15) is 22.3 Å². The van der Waals surface area contributed by atoms with Crippen LogP contribution >= 0.6 is 0 Å². The fraction of sp³-hybridized carbons (Fsp3) is 0. The molecule has 4 rings (SSSR count). The predicted molar refractivity (Wildman–Crippen MR) is 126 cm³/mol. The van der Waals surface area contributed by atoms with E-state index in [0.29, 0.717) is 0 Å². The van der Waals surface area contributed by atoms with Crippen molar-refractivity contribution in [3.8, 4) is 23.7 Å². The normalized spacial score (nSPS) is 10.7. The largest absolute Gasteiger partial charge is 0.0622 e. The van der Waals surface area contributed by atoms with E-state index in [1.165, 1.54) is 0 Å². The number of benzene rings is 4. The molecule has 0 unspecified atom stereocenters. The Balaban J connectivity index is 1.93. The molecule has 0 saturated carbocycles. The van der Waals surface area contributed by atoms with E-state index in [1.54, 1.807) is 0 Å². The number of hydrogen-bond donors (Lipinski definition) is 0. The van der Waals surface area contributed by atoms with Crippen LogP contribution < -0.4 is 0 Å². The summed E-state index contributed by atoms with van der Waals surface area (Å²) in [5, 5.41) is 0. The van der Waals surface area contributed by atoms with E-state index in [9.17, 15) is 0 Å². The van der Waals surface area contributed by atoms with Crippen molar-refractivity contribution in [3.05, 3.63) is 144 Å². The zero-order valence-corrected chi connectivity index (χ0v) is 16.5. The van der Waals surface area contributed by atoms with Gasteiger partial charge in [0.15, 0.2) is 0 Å². The molecule has 0 bridgehead atoms. The van der Waals surface area contributed by atoms with Gasteiger partial charge in [0.25, 0.3) is 0 Å². The summed E-state index contributed by atoms with van der Waals surface area (Å²) >= 11 is 0. The van der Waals surface area contributed by atoms with Gasteiger partial charge in [0.1, 0.15) is 0 Å². The van der Waals surface area contributed by atoms with Crippen molar-refractivity contribution in [3.63, 3.8) is 0 Å². The lowest BCUT2D eigenvalue weighted by atomic mass is 10.1. The van der Waals surface area contributed by atoms with Gasteiger partial charge in [-0.25, -0.2) is 0 Å². The first-order valence-corrected chi connectivity index (χ1v) is 9.89. The van der Waals surface area contributed by atoms with Gasteiger partial charge in [-0.15, -0.1) is 0 Å². The highest BCUT2D eigenvalue weighted by atomic mass is 14.4. The summed E-state index contributed by atoms with van der Waals surface area (Å²) in [6.45, 7) is 0. The Morgan fingerprint density at radius 3 is 1.00 bits per heavy atom. The molecule has 0 amide bonds. The first kappa shape index (κ1) is 19.1. The molecule has 0 nitrogen and oxygen atoms in total. The lowest BCUT2D eigenvalue weighted by molar-refractivity contribution is 1.60. The number of rotatable bonds is 2. The SMILES string of the molecule is C(#C/[13C](=C(/C#[13C]c1ccccc1)c1ccccc1)c1ccccc1)c1ccccc1. The van der Waals surface area contributed by atoms with Crippen molar-refractivity contribution >= 4 is 11.1 Å². The van der Waals surface area contributed by atoms with Gasteiger partial charge in [-0.2, -0.15) is 0 Å². The van der Waals surface area contributed by atoms with Crippen molar-refractivity contribution < 1.29 is 0 Å². The van der Waals surface area contributed by atoms with Crippen molar-refractivity contribution in [2.75, 3.05) is 0 Å². The van der Waals surface area contributed by atoms with Crippen LogP contribution in [0.2, 0.25) is 0 Å². The van der Waals surface area contributed by atoms with E-state index in [-0.39, 0.29) is 0 Å². The molecule has 0 heteroatoms. The second kappa shape index (κ2) is 9.79. The summed E-state index contributed by atoms with van der Waals surface area (Å²) < 4.78 is 0. The predicted octanol–water partition coefficient (Wildman–Crippen LogP) is 6.70. The summed E-state index contributed by atoms with van der Waals surface area (Å²) in [5.74, 6) is 13.5. The summed E-state index contributed by atoms with van der Waals surface area (Å²) in [4.78, 5) is 0. The molecule has 0 radical (unpaired) electrons. The minimum Gasteiger partial charge on any atom is -0.0622 e. The molecular weight excluding hydrogens is 362 g/mol. The molecule has 0 aliphatic heterocycles. The Labute approximate surface area is 178 Å². The fourth-order valence-corrected chi connectivity index (χ4v) is 3.08. The van der Waals surface area contributed by atoms with Crippen LogP contribution in [0.5, 0.6) is 0 Å². The van der Waals surface area contributed by atoms with Crippen LogP contribution in [0.4, 0.5) is 0 Å². The fourth-order valence-electron chi connectivity index (χ4n) is 3.08. The molecule has 0 spiro atoms. The minimum absolute atomic E-state index is 0.925. The Kier molecular flexibility index (Phi) is 6.22. The Morgan fingerprint density at radius 2 is 0.667 bits per heavy atom. The lowest BCUT2D eigenvalue weighted by Gasteiger charge is -2.07. The van der Waals surface area contributed by atoms with Gasteiger partial charge < -0.3 is 0 Å². The molecule has 0 atom stereocenters. The molecular formula is C30H20. The zero-order valence-electron chi connectivity index (χ0n) is 16.5. The van der Waals surface area contributed by atoms with Crippen molar-refractivity contribution in [1.29, 1.82) is 0 Å². The molecule has 0 aliphatic carbocycles. The Morgan fingerprint density at radius 1 is 0.367 bits per heavy atom. The van der Waals surface area contributed by atoms with Gasteiger partial charge >= 0.3 is 0 Å². The van der Waals surface area contributed by atoms with Gasteiger partial charge in [0, 0.05) is 22.3 Å². The molecule has 0 N–H and O–H groups in total. The maximum absolute atomic E-state index is 3.41. The van der Waals surface area contributed by atoms with Gasteiger partial charge in [-0.3, -0.25) is 0 Å². The molecule has 140 valence electrons. The van der Waals surface area contributed by atoms with Gasteiger partial charge in [0.05, 0.1) is 0 Å². The van der Waals surface area contributed by atoms with E-state index in [2.05, 4.69) is 47.9 Å². The van der Waals surface area contributed by atoms with E-state index < -0.39 is 0 Å². The quantitative estimate of drug-likeness (QED) is 0.206. The maximum Gasteiger partial charge on any atom is 0.0484 e. The van der Waals surface area contributed by atoms with E-state index in [0.717, 1.165) is 33.4 Å². The van der Waals surface area contributed by atoms with E-state index >= 15 is 0 Å². The number of allylic oxidation sites excluding steroid dienone is 2. The van der Waals surface area contributed by atoms with Gasteiger partial charge in [-0.05, 0) is 35.4 Å². The third-order valence-corrected chi connectivity index (χ3v) is 4.59. The van der Waals surface area contributed by atoms with E-state index in [1.807, 2.05) is 97.1 Å². The third kappa shape index (κ3) is 4.96. The van der Waals surface area contributed by atoms with Crippen LogP contribution in [0.25, 0.3) is 11.1 Å². The Bertz CT molecular complexity index is 1140. The first-order chi connectivity index (χ1) is 14.9. The molecule has 4 aromatic carbocycles. The van der Waals surface area contributed by atoms with Crippen LogP contribution in [-0.4, -0.2) is 0 Å². The highest BCUT2D eigenvalue weighted by molar-refractivity contribution is 6.04. The maximum atomic E-state index is 3.41. The first-order valence-electron chi connectivity index (χ1n) is 9.89. The van der Waals surface area contributed by atoms with Gasteiger partial charge in [-0.1, -0.05) is 121 Å². The molecule has 0 heterocycles. The average molecular weight is 382 g/mol. The molecule has 0 fully saturated rings. The van der Waals surface area contributed by atoms with Crippen LogP contribution in [-0.2, 0) is 0 Å². The van der Waals surface area contributed by atoms with Gasteiger partial charge in [0.2, 0.25) is 0 Å². The highest BCUT2D eigenvalue weighted by Crippen LogP contribution is 2.26. The van der Waals surface area contributed by atoms with E-state index in [4.69, 9.17) is 0 Å². The second-order valence-corrected chi connectivity index (χ2v) is 6.71. The molecule has 4 aromatic rings. The Hall–Kier alpha value is -4.26. The third-order valence-electron chi connectivity index (χ3n) is 4.59. The zero-order chi connectivity index (χ0) is 20.4. The standard InChI is InChI=1S/C30H20/c1-5-13-25(14-6-1)21-23-29(27-17-9-3-10-18-27)30(28-19-11-4-12-20-28)24-22-26-15-7-2-8-16-26/h1-20H/b30-29+/i21+1,30+1. The summed E-state index contributed by atoms with van der Waals surface area (Å²) in [7, 11) is 0. The smallest absolute Gasteiger partial charge is 0.0484 e. The minimum atomic E-state index is 0.925.